The third-order valence-electron chi connectivity index (χ3n) is 6.65. The predicted octanol–water partition coefficient (Wildman–Crippen LogP) is 3.10. The third kappa shape index (κ3) is 4.45. The van der Waals surface area contributed by atoms with E-state index in [-0.39, 0.29) is 17.9 Å². The second-order valence-corrected chi connectivity index (χ2v) is 9.98. The molecular formula is C26H32N4O3. The highest BCUT2D eigenvalue weighted by atomic mass is 16.2. The lowest BCUT2D eigenvalue weighted by Crippen LogP contribution is -2.52. The lowest BCUT2D eigenvalue weighted by atomic mass is 9.84. The number of benzene rings is 2. The SMILES string of the molecule is CC(C)(C)c1ccc(C2(C)NC(=O)N(CC(=O)N3CCN(c4ccccc4)CC3)C2=O)cc1. The Balaban J connectivity index is 1.40. The second-order valence-electron chi connectivity index (χ2n) is 9.98. The van der Waals surface area contributed by atoms with Gasteiger partial charge in [-0.25, -0.2) is 4.79 Å². The minimum Gasteiger partial charge on any atom is -0.368 e. The highest BCUT2D eigenvalue weighted by Crippen LogP contribution is 2.31. The zero-order chi connectivity index (χ0) is 23.8. The maximum atomic E-state index is 13.2. The lowest BCUT2D eigenvalue weighted by molar-refractivity contribution is -0.139. The van der Waals surface area contributed by atoms with Crippen molar-refractivity contribution >= 4 is 23.5 Å². The van der Waals surface area contributed by atoms with Crippen LogP contribution in [-0.4, -0.2) is 60.4 Å². The summed E-state index contributed by atoms with van der Waals surface area (Å²) in [7, 11) is 0. The van der Waals surface area contributed by atoms with E-state index in [0.717, 1.165) is 16.2 Å². The summed E-state index contributed by atoms with van der Waals surface area (Å²) in [5, 5.41) is 2.80. The first-order valence-corrected chi connectivity index (χ1v) is 11.4. The highest BCUT2D eigenvalue weighted by molar-refractivity contribution is 6.09. The summed E-state index contributed by atoms with van der Waals surface area (Å²) in [6.45, 7) is 10.4. The molecule has 0 aromatic heterocycles. The van der Waals surface area contributed by atoms with Gasteiger partial charge in [0.15, 0.2) is 0 Å². The van der Waals surface area contributed by atoms with E-state index >= 15 is 0 Å². The Bertz CT molecular complexity index is 1040. The van der Waals surface area contributed by atoms with Crippen molar-refractivity contribution < 1.29 is 14.4 Å². The zero-order valence-electron chi connectivity index (χ0n) is 19.8. The molecule has 0 saturated carbocycles. The van der Waals surface area contributed by atoms with Gasteiger partial charge in [0.1, 0.15) is 12.1 Å². The van der Waals surface area contributed by atoms with Crippen LogP contribution in [0.3, 0.4) is 0 Å². The van der Waals surface area contributed by atoms with Gasteiger partial charge in [-0.15, -0.1) is 0 Å². The number of anilines is 1. The molecule has 33 heavy (non-hydrogen) atoms. The van der Waals surface area contributed by atoms with Gasteiger partial charge in [-0.3, -0.25) is 14.5 Å². The number of hydrogen-bond acceptors (Lipinski definition) is 4. The summed E-state index contributed by atoms with van der Waals surface area (Å²) in [4.78, 5) is 43.8. The smallest absolute Gasteiger partial charge is 0.325 e. The first-order valence-electron chi connectivity index (χ1n) is 11.4. The van der Waals surface area contributed by atoms with Crippen molar-refractivity contribution in [2.24, 2.45) is 0 Å². The first-order chi connectivity index (χ1) is 15.6. The molecule has 2 heterocycles. The fourth-order valence-corrected chi connectivity index (χ4v) is 4.43. The summed E-state index contributed by atoms with van der Waals surface area (Å²) in [6, 6.07) is 17.3. The largest absolute Gasteiger partial charge is 0.368 e. The summed E-state index contributed by atoms with van der Waals surface area (Å²) in [5.74, 6) is -0.606. The van der Waals surface area contributed by atoms with E-state index in [9.17, 15) is 14.4 Å². The number of carbonyl (C=O) groups is 3. The molecular weight excluding hydrogens is 416 g/mol. The molecule has 1 N–H and O–H groups in total. The highest BCUT2D eigenvalue weighted by Gasteiger charge is 2.49. The van der Waals surface area contributed by atoms with Crippen LogP contribution < -0.4 is 10.2 Å². The lowest BCUT2D eigenvalue weighted by Gasteiger charge is -2.36. The summed E-state index contributed by atoms with van der Waals surface area (Å²) < 4.78 is 0. The number of rotatable bonds is 4. The van der Waals surface area contributed by atoms with Gasteiger partial charge >= 0.3 is 6.03 Å². The maximum Gasteiger partial charge on any atom is 0.325 e. The number of urea groups is 1. The van der Waals surface area contributed by atoms with Crippen LogP contribution in [0.25, 0.3) is 0 Å². The number of nitrogens with zero attached hydrogens (tertiary/aromatic N) is 3. The molecule has 1 atom stereocenters. The van der Waals surface area contributed by atoms with Gasteiger partial charge in [0.2, 0.25) is 5.91 Å². The Morgan fingerprint density at radius 1 is 0.939 bits per heavy atom. The summed E-state index contributed by atoms with van der Waals surface area (Å²) in [5.41, 5.74) is 1.80. The van der Waals surface area contributed by atoms with Gasteiger partial charge in [0, 0.05) is 31.9 Å². The van der Waals surface area contributed by atoms with Crippen molar-refractivity contribution in [1.82, 2.24) is 15.1 Å². The summed E-state index contributed by atoms with van der Waals surface area (Å²) in [6.07, 6.45) is 0. The number of amides is 4. The Labute approximate surface area is 195 Å². The Kier molecular flexibility index (Phi) is 5.91. The Hall–Kier alpha value is -3.35. The number of hydrogen-bond donors (Lipinski definition) is 1. The van der Waals surface area contributed by atoms with Crippen LogP contribution in [0.5, 0.6) is 0 Å². The van der Waals surface area contributed by atoms with E-state index in [0.29, 0.717) is 31.7 Å². The average Bonchev–Trinajstić information content (AvgIpc) is 3.03. The molecule has 4 amide bonds. The molecule has 7 heteroatoms. The standard InChI is InChI=1S/C26H32N4O3/c1-25(2,3)19-10-12-20(13-11-19)26(4)23(32)30(24(33)27-26)18-22(31)29-16-14-28(15-17-29)21-8-6-5-7-9-21/h5-13H,14-18H2,1-4H3,(H,27,33). The number of imide groups is 1. The van der Waals surface area contributed by atoms with Crippen molar-refractivity contribution in [2.45, 2.75) is 38.6 Å². The van der Waals surface area contributed by atoms with E-state index in [1.165, 1.54) is 0 Å². The van der Waals surface area contributed by atoms with Gasteiger partial charge in [0.05, 0.1) is 0 Å². The van der Waals surface area contributed by atoms with Crippen LogP contribution in [0.4, 0.5) is 10.5 Å². The van der Waals surface area contributed by atoms with Crippen LogP contribution in [0.2, 0.25) is 0 Å². The zero-order valence-corrected chi connectivity index (χ0v) is 19.8. The van der Waals surface area contributed by atoms with Crippen molar-refractivity contribution in [3.8, 4) is 0 Å². The summed E-state index contributed by atoms with van der Waals surface area (Å²) >= 11 is 0. The van der Waals surface area contributed by atoms with E-state index in [2.05, 4.69) is 43.1 Å². The number of para-hydroxylation sites is 1. The second kappa shape index (κ2) is 8.54. The molecule has 2 aliphatic rings. The quantitative estimate of drug-likeness (QED) is 0.730. The van der Waals surface area contributed by atoms with E-state index in [1.807, 2.05) is 42.5 Å². The van der Waals surface area contributed by atoms with Crippen molar-refractivity contribution in [3.05, 3.63) is 65.7 Å². The van der Waals surface area contributed by atoms with Gasteiger partial charge in [-0.1, -0.05) is 63.2 Å². The molecule has 0 bridgehead atoms. The monoisotopic (exact) mass is 448 g/mol. The molecule has 174 valence electrons. The minimum absolute atomic E-state index is 0.00858. The maximum absolute atomic E-state index is 13.2. The molecule has 7 nitrogen and oxygen atoms in total. The predicted molar refractivity (Wildman–Crippen MR) is 128 cm³/mol. The topological polar surface area (TPSA) is 73.0 Å². The molecule has 1 unspecified atom stereocenters. The van der Waals surface area contributed by atoms with E-state index < -0.39 is 17.5 Å². The van der Waals surface area contributed by atoms with Crippen molar-refractivity contribution in [2.75, 3.05) is 37.6 Å². The molecule has 2 aromatic rings. The number of nitrogens with one attached hydrogen (secondary N) is 1. The first kappa shape index (κ1) is 22.8. The van der Waals surface area contributed by atoms with Crippen LogP contribution in [0.1, 0.15) is 38.8 Å². The normalized spacial score (nSPS) is 21.4. The third-order valence-corrected chi connectivity index (χ3v) is 6.65. The Morgan fingerprint density at radius 2 is 1.55 bits per heavy atom. The minimum atomic E-state index is -1.18. The van der Waals surface area contributed by atoms with E-state index in [4.69, 9.17) is 0 Å². The van der Waals surface area contributed by atoms with Crippen molar-refractivity contribution in [1.29, 1.82) is 0 Å². The molecule has 2 aliphatic heterocycles. The van der Waals surface area contributed by atoms with Crippen LogP contribution in [0, 0.1) is 0 Å². The molecule has 4 rings (SSSR count). The molecule has 0 aliphatic carbocycles. The van der Waals surface area contributed by atoms with Crippen molar-refractivity contribution in [3.63, 3.8) is 0 Å². The van der Waals surface area contributed by atoms with Crippen LogP contribution >= 0.6 is 0 Å². The average molecular weight is 449 g/mol. The molecule has 2 fully saturated rings. The fourth-order valence-electron chi connectivity index (χ4n) is 4.43. The molecule has 2 saturated heterocycles. The Morgan fingerprint density at radius 3 is 2.12 bits per heavy atom. The van der Waals surface area contributed by atoms with Crippen LogP contribution in [0.15, 0.2) is 54.6 Å². The number of carbonyl (C=O) groups excluding carboxylic acids is 3. The fraction of sp³-hybridized carbons (Fsp3) is 0.423. The van der Waals surface area contributed by atoms with Crippen LogP contribution in [-0.2, 0) is 20.5 Å². The number of piperazine rings is 1. The van der Waals surface area contributed by atoms with Gasteiger partial charge in [-0.05, 0) is 35.6 Å². The molecule has 0 spiro atoms. The van der Waals surface area contributed by atoms with Gasteiger partial charge < -0.3 is 15.1 Å². The molecule has 0 radical (unpaired) electrons. The van der Waals surface area contributed by atoms with Gasteiger partial charge in [0.25, 0.3) is 5.91 Å². The molecule has 2 aromatic carbocycles. The van der Waals surface area contributed by atoms with E-state index in [1.54, 1.807) is 11.8 Å². The van der Waals surface area contributed by atoms with Gasteiger partial charge in [-0.2, -0.15) is 0 Å².